The standard InChI is InChI=1S/C22H26N2O/c1-17-7-9-20(10-8-17)11-12-22(25)24-15-13-23(14-16-24)21-6-4-5-18(2)19(21)3/h4-12H,13-16H2,1-3H3/b12-11+. The lowest BCUT2D eigenvalue weighted by molar-refractivity contribution is -0.126. The van der Waals surface area contributed by atoms with Gasteiger partial charge in [0.05, 0.1) is 0 Å². The molecule has 0 radical (unpaired) electrons. The Kier molecular flexibility index (Phi) is 5.22. The molecule has 1 aliphatic heterocycles. The van der Waals surface area contributed by atoms with Crippen molar-refractivity contribution in [3.63, 3.8) is 0 Å². The lowest BCUT2D eigenvalue weighted by Crippen LogP contribution is -2.48. The summed E-state index contributed by atoms with van der Waals surface area (Å²) in [4.78, 5) is 16.7. The molecule has 1 saturated heterocycles. The van der Waals surface area contributed by atoms with Crippen LogP contribution in [0.5, 0.6) is 0 Å². The van der Waals surface area contributed by atoms with E-state index in [4.69, 9.17) is 0 Å². The van der Waals surface area contributed by atoms with Crippen molar-refractivity contribution in [2.75, 3.05) is 31.1 Å². The number of carbonyl (C=O) groups is 1. The van der Waals surface area contributed by atoms with E-state index in [0.29, 0.717) is 0 Å². The molecule has 1 amide bonds. The van der Waals surface area contributed by atoms with Gasteiger partial charge >= 0.3 is 0 Å². The summed E-state index contributed by atoms with van der Waals surface area (Å²) in [7, 11) is 0. The summed E-state index contributed by atoms with van der Waals surface area (Å²) in [6.07, 6.45) is 3.59. The molecule has 25 heavy (non-hydrogen) atoms. The first-order chi connectivity index (χ1) is 12.0. The Hall–Kier alpha value is -2.55. The van der Waals surface area contributed by atoms with Gasteiger partial charge in [-0.3, -0.25) is 4.79 Å². The number of aryl methyl sites for hydroxylation is 2. The quantitative estimate of drug-likeness (QED) is 0.793. The second-order valence-electron chi connectivity index (χ2n) is 6.78. The molecule has 3 nitrogen and oxygen atoms in total. The zero-order chi connectivity index (χ0) is 17.8. The van der Waals surface area contributed by atoms with Gasteiger partial charge in [0.1, 0.15) is 0 Å². The highest BCUT2D eigenvalue weighted by Crippen LogP contribution is 2.23. The number of nitrogens with zero attached hydrogens (tertiary/aromatic N) is 2. The SMILES string of the molecule is Cc1ccc(/C=C/C(=O)N2CCN(c3cccc(C)c3C)CC2)cc1. The first-order valence-corrected chi connectivity index (χ1v) is 8.89. The predicted molar refractivity (Wildman–Crippen MR) is 105 cm³/mol. The van der Waals surface area contributed by atoms with Crippen LogP contribution >= 0.6 is 0 Å². The highest BCUT2D eigenvalue weighted by Gasteiger charge is 2.20. The first-order valence-electron chi connectivity index (χ1n) is 8.89. The fourth-order valence-electron chi connectivity index (χ4n) is 3.20. The first kappa shape index (κ1) is 17.3. The van der Waals surface area contributed by atoms with Crippen LogP contribution in [0.25, 0.3) is 6.08 Å². The third kappa shape index (κ3) is 4.11. The molecule has 1 heterocycles. The molecule has 0 aliphatic carbocycles. The van der Waals surface area contributed by atoms with Crippen LogP contribution in [-0.4, -0.2) is 37.0 Å². The van der Waals surface area contributed by atoms with Crippen LogP contribution in [0.15, 0.2) is 48.5 Å². The Bertz CT molecular complexity index is 769. The summed E-state index contributed by atoms with van der Waals surface area (Å²) in [6.45, 7) is 9.69. The minimum atomic E-state index is 0.0983. The maximum atomic E-state index is 12.4. The van der Waals surface area contributed by atoms with E-state index in [-0.39, 0.29) is 5.91 Å². The fourth-order valence-corrected chi connectivity index (χ4v) is 3.20. The lowest BCUT2D eigenvalue weighted by atomic mass is 10.1. The lowest BCUT2D eigenvalue weighted by Gasteiger charge is -2.36. The zero-order valence-corrected chi connectivity index (χ0v) is 15.3. The Labute approximate surface area is 150 Å². The predicted octanol–water partition coefficient (Wildman–Crippen LogP) is 3.97. The van der Waals surface area contributed by atoms with Crippen LogP contribution in [0.3, 0.4) is 0 Å². The van der Waals surface area contributed by atoms with E-state index in [9.17, 15) is 4.79 Å². The van der Waals surface area contributed by atoms with Gasteiger partial charge in [-0.15, -0.1) is 0 Å². The number of piperazine rings is 1. The number of anilines is 1. The van der Waals surface area contributed by atoms with E-state index in [1.807, 2.05) is 23.1 Å². The van der Waals surface area contributed by atoms with Crippen LogP contribution in [0.4, 0.5) is 5.69 Å². The molecular weight excluding hydrogens is 308 g/mol. The molecule has 0 N–H and O–H groups in total. The third-order valence-corrected chi connectivity index (χ3v) is 5.00. The highest BCUT2D eigenvalue weighted by molar-refractivity contribution is 5.92. The number of rotatable bonds is 3. The summed E-state index contributed by atoms with van der Waals surface area (Å²) < 4.78 is 0. The van der Waals surface area contributed by atoms with Crippen molar-refractivity contribution in [2.45, 2.75) is 20.8 Å². The summed E-state index contributed by atoms with van der Waals surface area (Å²) in [5, 5.41) is 0. The third-order valence-electron chi connectivity index (χ3n) is 5.00. The number of carbonyl (C=O) groups excluding carboxylic acids is 1. The van der Waals surface area contributed by atoms with Crippen molar-refractivity contribution in [1.82, 2.24) is 4.90 Å². The smallest absolute Gasteiger partial charge is 0.246 e. The molecule has 0 aromatic heterocycles. The van der Waals surface area contributed by atoms with Gasteiger partial charge in [0.2, 0.25) is 5.91 Å². The van der Waals surface area contributed by atoms with Gasteiger partial charge < -0.3 is 9.80 Å². The number of hydrogen-bond acceptors (Lipinski definition) is 2. The van der Waals surface area contributed by atoms with Crippen LogP contribution in [0.1, 0.15) is 22.3 Å². The average molecular weight is 334 g/mol. The Balaban J connectivity index is 1.59. The van der Waals surface area contributed by atoms with E-state index in [0.717, 1.165) is 31.7 Å². The molecule has 0 spiro atoms. The fraction of sp³-hybridized carbons (Fsp3) is 0.318. The van der Waals surface area contributed by atoms with Crippen LogP contribution < -0.4 is 4.90 Å². The van der Waals surface area contributed by atoms with Gasteiger partial charge in [-0.1, -0.05) is 42.0 Å². The van der Waals surface area contributed by atoms with Crippen molar-refractivity contribution in [1.29, 1.82) is 0 Å². The molecule has 130 valence electrons. The van der Waals surface area contributed by atoms with Crippen LogP contribution in [0, 0.1) is 20.8 Å². The zero-order valence-electron chi connectivity index (χ0n) is 15.3. The maximum Gasteiger partial charge on any atom is 0.246 e. The monoisotopic (exact) mass is 334 g/mol. The van der Waals surface area contributed by atoms with Gasteiger partial charge in [-0.25, -0.2) is 0 Å². The van der Waals surface area contributed by atoms with Crippen LogP contribution in [0.2, 0.25) is 0 Å². The number of benzene rings is 2. The number of amides is 1. The van der Waals surface area contributed by atoms with Gasteiger partial charge in [0, 0.05) is 37.9 Å². The molecule has 0 atom stereocenters. The molecule has 0 bridgehead atoms. The second-order valence-corrected chi connectivity index (χ2v) is 6.78. The van der Waals surface area contributed by atoms with Crippen molar-refractivity contribution in [2.24, 2.45) is 0 Å². The van der Waals surface area contributed by atoms with E-state index in [2.05, 4.69) is 56.0 Å². The van der Waals surface area contributed by atoms with E-state index < -0.39 is 0 Å². The van der Waals surface area contributed by atoms with Crippen molar-refractivity contribution < 1.29 is 4.79 Å². The average Bonchev–Trinajstić information content (AvgIpc) is 2.63. The van der Waals surface area contributed by atoms with E-state index >= 15 is 0 Å². The van der Waals surface area contributed by atoms with Gasteiger partial charge in [0.15, 0.2) is 0 Å². The summed E-state index contributed by atoms with van der Waals surface area (Å²) >= 11 is 0. The van der Waals surface area contributed by atoms with E-state index in [1.165, 1.54) is 22.4 Å². The molecule has 3 rings (SSSR count). The normalized spacial score (nSPS) is 15.0. The minimum absolute atomic E-state index is 0.0983. The van der Waals surface area contributed by atoms with Crippen molar-refractivity contribution >= 4 is 17.7 Å². The molecule has 3 heteroatoms. The Morgan fingerprint density at radius 1 is 0.920 bits per heavy atom. The second kappa shape index (κ2) is 7.56. The van der Waals surface area contributed by atoms with Crippen molar-refractivity contribution in [3.8, 4) is 0 Å². The Morgan fingerprint density at radius 2 is 1.60 bits per heavy atom. The molecule has 1 fully saturated rings. The number of hydrogen-bond donors (Lipinski definition) is 0. The molecule has 2 aromatic rings. The topological polar surface area (TPSA) is 23.6 Å². The van der Waals surface area contributed by atoms with Crippen LogP contribution in [-0.2, 0) is 4.79 Å². The molecule has 1 aliphatic rings. The molecule has 2 aromatic carbocycles. The van der Waals surface area contributed by atoms with Crippen molar-refractivity contribution in [3.05, 3.63) is 70.8 Å². The minimum Gasteiger partial charge on any atom is -0.368 e. The largest absolute Gasteiger partial charge is 0.368 e. The molecular formula is C22H26N2O. The molecule has 0 saturated carbocycles. The van der Waals surface area contributed by atoms with Gasteiger partial charge in [0.25, 0.3) is 0 Å². The summed E-state index contributed by atoms with van der Waals surface area (Å²) in [6, 6.07) is 14.6. The highest BCUT2D eigenvalue weighted by atomic mass is 16.2. The molecule has 0 unspecified atom stereocenters. The maximum absolute atomic E-state index is 12.4. The summed E-state index contributed by atoms with van der Waals surface area (Å²) in [5.74, 6) is 0.0983. The Morgan fingerprint density at radius 3 is 2.28 bits per heavy atom. The van der Waals surface area contributed by atoms with E-state index in [1.54, 1.807) is 6.08 Å². The van der Waals surface area contributed by atoms with Gasteiger partial charge in [-0.05, 0) is 49.6 Å². The summed E-state index contributed by atoms with van der Waals surface area (Å²) in [5.41, 5.74) is 6.24. The van der Waals surface area contributed by atoms with Gasteiger partial charge in [-0.2, -0.15) is 0 Å².